The Kier molecular flexibility index (Phi) is 4.73. The summed E-state index contributed by atoms with van der Waals surface area (Å²) < 4.78 is 4.68. The van der Waals surface area contributed by atoms with Crippen molar-refractivity contribution in [2.75, 3.05) is 7.11 Å². The highest BCUT2D eigenvalue weighted by Gasteiger charge is 2.13. The van der Waals surface area contributed by atoms with Gasteiger partial charge in [-0.05, 0) is 35.8 Å². The van der Waals surface area contributed by atoms with Gasteiger partial charge in [0.2, 0.25) is 5.91 Å². The van der Waals surface area contributed by atoms with Gasteiger partial charge in [-0.1, -0.05) is 42.5 Å². The van der Waals surface area contributed by atoms with Gasteiger partial charge in [0.1, 0.15) is 0 Å². The molecular formula is C18H17NO3. The van der Waals surface area contributed by atoms with Crippen LogP contribution >= 0.6 is 0 Å². The molecule has 0 atom stereocenters. The van der Waals surface area contributed by atoms with Crippen molar-refractivity contribution in [1.29, 1.82) is 0 Å². The van der Waals surface area contributed by atoms with Crippen LogP contribution in [0.5, 0.6) is 0 Å². The first-order chi connectivity index (χ1) is 10.5. The summed E-state index contributed by atoms with van der Waals surface area (Å²) in [5.41, 5.74) is 8.83. The second-order valence-corrected chi connectivity index (χ2v) is 4.80. The van der Waals surface area contributed by atoms with E-state index in [0.717, 1.165) is 16.7 Å². The van der Waals surface area contributed by atoms with E-state index in [1.54, 1.807) is 31.2 Å². The zero-order valence-corrected chi connectivity index (χ0v) is 12.5. The van der Waals surface area contributed by atoms with Crippen LogP contribution in [0.2, 0.25) is 0 Å². The van der Waals surface area contributed by atoms with E-state index >= 15 is 0 Å². The third-order valence-corrected chi connectivity index (χ3v) is 3.40. The highest BCUT2D eigenvalue weighted by atomic mass is 16.5. The van der Waals surface area contributed by atoms with Crippen molar-refractivity contribution in [2.24, 2.45) is 5.73 Å². The van der Waals surface area contributed by atoms with Gasteiger partial charge in [-0.2, -0.15) is 0 Å². The lowest BCUT2D eigenvalue weighted by Crippen LogP contribution is -2.14. The number of hydrogen-bond acceptors (Lipinski definition) is 3. The molecule has 4 nitrogen and oxygen atoms in total. The van der Waals surface area contributed by atoms with Gasteiger partial charge in [0.15, 0.2) is 0 Å². The monoisotopic (exact) mass is 295 g/mol. The van der Waals surface area contributed by atoms with Crippen LogP contribution in [0, 0.1) is 0 Å². The first-order valence-electron chi connectivity index (χ1n) is 6.79. The van der Waals surface area contributed by atoms with Crippen molar-refractivity contribution >= 4 is 17.4 Å². The first-order valence-corrected chi connectivity index (χ1v) is 6.79. The largest absolute Gasteiger partial charge is 0.465 e. The Morgan fingerprint density at radius 1 is 0.864 bits per heavy atom. The number of primary amides is 1. The van der Waals surface area contributed by atoms with E-state index in [1.807, 2.05) is 30.3 Å². The van der Waals surface area contributed by atoms with Gasteiger partial charge >= 0.3 is 5.97 Å². The number of nitrogens with two attached hydrogens (primary N) is 1. The van der Waals surface area contributed by atoms with Crippen LogP contribution < -0.4 is 5.73 Å². The van der Waals surface area contributed by atoms with Gasteiger partial charge in [0.25, 0.3) is 0 Å². The van der Waals surface area contributed by atoms with Gasteiger partial charge in [-0.15, -0.1) is 0 Å². The molecule has 0 saturated carbocycles. The van der Waals surface area contributed by atoms with Crippen molar-refractivity contribution in [3.8, 4) is 0 Å². The number of rotatable bonds is 4. The molecule has 2 aromatic rings. The Hall–Kier alpha value is -2.88. The summed E-state index contributed by atoms with van der Waals surface area (Å²) in [5, 5.41) is 0. The van der Waals surface area contributed by atoms with Crippen molar-refractivity contribution in [1.82, 2.24) is 0 Å². The van der Waals surface area contributed by atoms with E-state index in [4.69, 9.17) is 5.73 Å². The maximum absolute atomic E-state index is 11.6. The molecule has 0 radical (unpaired) electrons. The van der Waals surface area contributed by atoms with Crippen LogP contribution in [0.4, 0.5) is 0 Å². The van der Waals surface area contributed by atoms with Crippen LogP contribution in [-0.2, 0) is 9.53 Å². The van der Waals surface area contributed by atoms with E-state index < -0.39 is 11.9 Å². The molecule has 4 heteroatoms. The molecule has 0 fully saturated rings. The van der Waals surface area contributed by atoms with Crippen LogP contribution in [0.3, 0.4) is 0 Å². The normalized spacial score (nSPS) is 11.5. The van der Waals surface area contributed by atoms with Crippen LogP contribution in [-0.4, -0.2) is 19.0 Å². The molecule has 0 heterocycles. The average Bonchev–Trinajstić information content (AvgIpc) is 2.56. The summed E-state index contributed by atoms with van der Waals surface area (Å²) in [6.45, 7) is 1.69. The minimum Gasteiger partial charge on any atom is -0.465 e. The van der Waals surface area contributed by atoms with Gasteiger partial charge < -0.3 is 10.5 Å². The molecule has 0 aliphatic rings. The summed E-state index contributed by atoms with van der Waals surface area (Å²) >= 11 is 0. The second-order valence-electron chi connectivity index (χ2n) is 4.80. The molecule has 22 heavy (non-hydrogen) atoms. The highest BCUT2D eigenvalue weighted by molar-refractivity contribution is 6.03. The third kappa shape index (κ3) is 3.23. The molecule has 0 saturated heterocycles. The number of carbonyl (C=O) groups is 2. The maximum Gasteiger partial charge on any atom is 0.337 e. The topological polar surface area (TPSA) is 69.4 Å². The van der Waals surface area contributed by atoms with Crippen molar-refractivity contribution in [2.45, 2.75) is 6.92 Å². The summed E-state index contributed by atoms with van der Waals surface area (Å²) in [6, 6.07) is 16.4. The third-order valence-electron chi connectivity index (χ3n) is 3.40. The number of amides is 1. The number of ether oxygens (including phenoxy) is 1. The van der Waals surface area contributed by atoms with Crippen molar-refractivity contribution in [3.63, 3.8) is 0 Å². The molecule has 2 rings (SSSR count). The molecule has 0 aromatic heterocycles. The number of esters is 1. The standard InChI is InChI=1S/C18H17NO3/c1-12(17(19)20)16(13-6-4-3-5-7-13)14-8-10-15(11-9-14)18(21)22-2/h3-11H,1-2H3,(H2,19,20). The molecule has 0 unspecified atom stereocenters. The number of methoxy groups -OCH3 is 1. The highest BCUT2D eigenvalue weighted by Crippen LogP contribution is 2.27. The van der Waals surface area contributed by atoms with Crippen molar-refractivity contribution in [3.05, 3.63) is 76.9 Å². The summed E-state index contributed by atoms with van der Waals surface area (Å²) in [6.07, 6.45) is 0. The molecule has 112 valence electrons. The van der Waals surface area contributed by atoms with E-state index in [1.165, 1.54) is 7.11 Å². The summed E-state index contributed by atoms with van der Waals surface area (Å²) in [5.74, 6) is -0.876. The van der Waals surface area contributed by atoms with Crippen LogP contribution in [0.15, 0.2) is 60.2 Å². The minimum absolute atomic E-state index is 0.400. The Balaban J connectivity index is 2.54. The smallest absolute Gasteiger partial charge is 0.337 e. The molecule has 1 amide bonds. The first kappa shape index (κ1) is 15.5. The van der Waals surface area contributed by atoms with E-state index in [-0.39, 0.29) is 0 Å². The van der Waals surface area contributed by atoms with Gasteiger partial charge in [0.05, 0.1) is 12.7 Å². The molecule has 0 aliphatic heterocycles. The minimum atomic E-state index is -0.476. The van der Waals surface area contributed by atoms with Gasteiger partial charge in [-0.25, -0.2) is 4.79 Å². The van der Waals surface area contributed by atoms with Gasteiger partial charge in [-0.3, -0.25) is 4.79 Å². The molecular weight excluding hydrogens is 278 g/mol. The number of hydrogen-bond donors (Lipinski definition) is 1. The Bertz CT molecular complexity index is 716. The fourth-order valence-electron chi connectivity index (χ4n) is 2.22. The number of carbonyl (C=O) groups excluding carboxylic acids is 2. The fourth-order valence-corrected chi connectivity index (χ4v) is 2.22. The molecule has 0 spiro atoms. The molecule has 2 aromatic carbocycles. The zero-order valence-electron chi connectivity index (χ0n) is 12.5. The molecule has 2 N–H and O–H groups in total. The van der Waals surface area contributed by atoms with E-state index in [9.17, 15) is 9.59 Å². The zero-order chi connectivity index (χ0) is 16.1. The maximum atomic E-state index is 11.6. The van der Waals surface area contributed by atoms with Crippen molar-refractivity contribution < 1.29 is 14.3 Å². The Labute approximate surface area is 129 Å². The van der Waals surface area contributed by atoms with E-state index in [0.29, 0.717) is 11.1 Å². The van der Waals surface area contributed by atoms with Gasteiger partial charge in [0, 0.05) is 5.57 Å². The lowest BCUT2D eigenvalue weighted by atomic mass is 9.93. The molecule has 0 bridgehead atoms. The quantitative estimate of drug-likeness (QED) is 0.696. The molecule has 0 aliphatic carbocycles. The lowest BCUT2D eigenvalue weighted by molar-refractivity contribution is -0.114. The Morgan fingerprint density at radius 2 is 1.36 bits per heavy atom. The summed E-state index contributed by atoms with van der Waals surface area (Å²) in [4.78, 5) is 23.1. The van der Waals surface area contributed by atoms with E-state index in [2.05, 4.69) is 4.74 Å². The predicted octanol–water partition coefficient (Wildman–Crippen LogP) is 2.78. The van der Waals surface area contributed by atoms with Crippen LogP contribution in [0.1, 0.15) is 28.4 Å². The Morgan fingerprint density at radius 3 is 1.86 bits per heavy atom. The SMILES string of the molecule is COC(=O)c1ccc(C(=C(C)C(N)=O)c2ccccc2)cc1. The lowest BCUT2D eigenvalue weighted by Gasteiger charge is -2.12. The average molecular weight is 295 g/mol. The second kappa shape index (κ2) is 6.72. The summed E-state index contributed by atoms with van der Waals surface area (Å²) in [7, 11) is 1.34. The fraction of sp³-hybridized carbons (Fsp3) is 0.111. The predicted molar refractivity (Wildman–Crippen MR) is 85.1 cm³/mol. The number of benzene rings is 2. The van der Waals surface area contributed by atoms with Crippen LogP contribution in [0.25, 0.3) is 5.57 Å².